The van der Waals surface area contributed by atoms with Crippen molar-refractivity contribution < 1.29 is 27.5 Å². The van der Waals surface area contributed by atoms with E-state index in [-0.39, 0.29) is 6.61 Å². The van der Waals surface area contributed by atoms with Crippen LogP contribution in [0.25, 0.3) is 6.08 Å². The highest BCUT2D eigenvalue weighted by atomic mass is 19.4. The molecule has 11 heteroatoms. The first-order chi connectivity index (χ1) is 16.8. The average Bonchev–Trinajstić information content (AvgIpc) is 3.23. The third-order valence-corrected chi connectivity index (χ3v) is 5.82. The molecule has 2 saturated heterocycles. The number of cyclic esters (lactones) is 1. The van der Waals surface area contributed by atoms with Crippen molar-refractivity contribution in [2.24, 2.45) is 5.92 Å². The number of hydrogen-bond donors (Lipinski definition) is 0. The quantitative estimate of drug-likeness (QED) is 0.510. The molecule has 0 unspecified atom stereocenters. The summed E-state index contributed by atoms with van der Waals surface area (Å²) in [7, 11) is 0. The molecule has 5 rings (SSSR count). The third kappa shape index (κ3) is 4.20. The fourth-order valence-corrected chi connectivity index (χ4v) is 4.16. The number of halogens is 3. The molecule has 1 aromatic carbocycles. The SMILES string of the molecule is O=C1[C@H](C=Cc2cccnc2)[C@@H](N2C(=O)OC[C@@H]2c2ccccc2)N1c1nccc(C(F)(F)F)n1. The van der Waals surface area contributed by atoms with Gasteiger partial charge in [0.15, 0.2) is 0 Å². The summed E-state index contributed by atoms with van der Waals surface area (Å²) in [4.78, 5) is 39.9. The van der Waals surface area contributed by atoms with Gasteiger partial charge < -0.3 is 4.74 Å². The van der Waals surface area contributed by atoms with E-state index in [0.717, 1.165) is 28.3 Å². The van der Waals surface area contributed by atoms with Crippen molar-refractivity contribution in [3.63, 3.8) is 0 Å². The Bertz CT molecular complexity index is 1270. The Labute approximate surface area is 197 Å². The Morgan fingerprint density at radius 3 is 2.54 bits per heavy atom. The highest BCUT2D eigenvalue weighted by Gasteiger charge is 2.56. The number of nitrogens with zero attached hydrogens (tertiary/aromatic N) is 5. The maximum atomic E-state index is 13.3. The van der Waals surface area contributed by atoms with Gasteiger partial charge in [0.2, 0.25) is 11.9 Å². The number of carbonyl (C=O) groups is 2. The molecule has 35 heavy (non-hydrogen) atoms. The number of anilines is 1. The first kappa shape index (κ1) is 22.5. The van der Waals surface area contributed by atoms with Crippen LogP contribution in [-0.4, -0.2) is 44.6 Å². The van der Waals surface area contributed by atoms with E-state index in [1.165, 1.54) is 4.90 Å². The van der Waals surface area contributed by atoms with Crippen LogP contribution < -0.4 is 4.90 Å². The number of β-lactam (4-membered cyclic amide) rings is 1. The highest BCUT2D eigenvalue weighted by Crippen LogP contribution is 2.41. The predicted molar refractivity (Wildman–Crippen MR) is 117 cm³/mol. The second-order valence-electron chi connectivity index (χ2n) is 7.94. The minimum atomic E-state index is -4.72. The lowest BCUT2D eigenvalue weighted by molar-refractivity contribution is -0.141. The first-order valence-corrected chi connectivity index (χ1v) is 10.7. The van der Waals surface area contributed by atoms with Crippen LogP contribution in [0.3, 0.4) is 0 Å². The number of alkyl halides is 3. The first-order valence-electron chi connectivity index (χ1n) is 10.7. The van der Waals surface area contributed by atoms with Crippen LogP contribution in [0.4, 0.5) is 23.9 Å². The number of carbonyl (C=O) groups excluding carboxylic acids is 2. The van der Waals surface area contributed by atoms with E-state index in [2.05, 4.69) is 15.0 Å². The van der Waals surface area contributed by atoms with E-state index in [4.69, 9.17) is 4.74 Å². The maximum Gasteiger partial charge on any atom is 0.433 e. The zero-order chi connectivity index (χ0) is 24.6. The van der Waals surface area contributed by atoms with E-state index < -0.39 is 47.9 Å². The van der Waals surface area contributed by atoms with Gasteiger partial charge in [-0.2, -0.15) is 13.2 Å². The zero-order valence-corrected chi connectivity index (χ0v) is 18.0. The van der Waals surface area contributed by atoms with Crippen LogP contribution in [-0.2, 0) is 15.7 Å². The standard InChI is InChI=1S/C24H18F3N5O3/c25-24(26,27)19-10-12-29-22(30-19)32-20(17(21(32)33)9-8-15-5-4-11-28-13-15)31-18(14-35-23(31)34)16-6-2-1-3-7-16/h1-13,17-18,20H,14H2/t17-,18-,20+/m1/s1. The van der Waals surface area contributed by atoms with Gasteiger partial charge >= 0.3 is 12.3 Å². The van der Waals surface area contributed by atoms with E-state index >= 15 is 0 Å². The second kappa shape index (κ2) is 8.82. The molecule has 2 aromatic heterocycles. The number of amides is 2. The number of pyridine rings is 1. The van der Waals surface area contributed by atoms with Crippen molar-refractivity contribution in [2.45, 2.75) is 18.4 Å². The minimum absolute atomic E-state index is 0.0316. The molecule has 0 saturated carbocycles. The van der Waals surface area contributed by atoms with Crippen LogP contribution in [0.15, 0.2) is 73.2 Å². The van der Waals surface area contributed by atoms with Crippen LogP contribution in [0, 0.1) is 5.92 Å². The summed E-state index contributed by atoms with van der Waals surface area (Å²) in [6.45, 7) is 0.0316. The van der Waals surface area contributed by atoms with E-state index in [1.807, 2.05) is 18.2 Å². The Kier molecular flexibility index (Phi) is 5.67. The second-order valence-corrected chi connectivity index (χ2v) is 7.94. The summed E-state index contributed by atoms with van der Waals surface area (Å²) >= 11 is 0. The monoisotopic (exact) mass is 481 g/mol. The Morgan fingerprint density at radius 2 is 1.83 bits per heavy atom. The van der Waals surface area contributed by atoms with Crippen molar-refractivity contribution in [2.75, 3.05) is 11.5 Å². The topological polar surface area (TPSA) is 88.5 Å². The molecule has 4 heterocycles. The Hall–Kier alpha value is -4.28. The van der Waals surface area contributed by atoms with Crippen LogP contribution in [0.5, 0.6) is 0 Å². The molecule has 0 bridgehead atoms. The minimum Gasteiger partial charge on any atom is -0.447 e. The van der Waals surface area contributed by atoms with Gasteiger partial charge in [-0.05, 0) is 23.3 Å². The number of aromatic nitrogens is 3. The molecular formula is C24H18F3N5O3. The van der Waals surface area contributed by atoms with Crippen LogP contribution in [0.1, 0.15) is 22.9 Å². The lowest BCUT2D eigenvalue weighted by atomic mass is 9.90. The summed E-state index contributed by atoms with van der Waals surface area (Å²) in [6, 6.07) is 12.7. The van der Waals surface area contributed by atoms with Gasteiger partial charge in [-0.25, -0.2) is 14.8 Å². The predicted octanol–water partition coefficient (Wildman–Crippen LogP) is 4.09. The molecular weight excluding hydrogens is 463 g/mol. The fraction of sp³-hybridized carbons (Fsp3) is 0.208. The van der Waals surface area contributed by atoms with Crippen LogP contribution >= 0.6 is 0 Å². The number of ether oxygens (including phenoxy) is 1. The molecule has 3 aromatic rings. The molecule has 3 atom stereocenters. The largest absolute Gasteiger partial charge is 0.447 e. The van der Waals surface area contributed by atoms with Crippen molar-refractivity contribution >= 4 is 24.0 Å². The van der Waals surface area contributed by atoms with Crippen molar-refractivity contribution in [3.05, 3.63) is 90.0 Å². The molecule has 2 aliphatic heterocycles. The van der Waals surface area contributed by atoms with E-state index in [1.54, 1.807) is 48.8 Å². The smallest absolute Gasteiger partial charge is 0.433 e. The lowest BCUT2D eigenvalue weighted by Gasteiger charge is -2.49. The summed E-state index contributed by atoms with van der Waals surface area (Å²) in [6.07, 6.45) is 1.01. The number of rotatable bonds is 5. The summed E-state index contributed by atoms with van der Waals surface area (Å²) in [5, 5.41) is 0. The highest BCUT2D eigenvalue weighted by molar-refractivity contribution is 6.04. The molecule has 2 amide bonds. The molecule has 0 radical (unpaired) electrons. The number of hydrogen-bond acceptors (Lipinski definition) is 6. The van der Waals surface area contributed by atoms with E-state index in [9.17, 15) is 22.8 Å². The van der Waals surface area contributed by atoms with Gasteiger partial charge in [0.05, 0.1) is 12.0 Å². The Balaban J connectivity index is 1.55. The van der Waals surface area contributed by atoms with Gasteiger partial charge in [-0.3, -0.25) is 19.6 Å². The van der Waals surface area contributed by atoms with Gasteiger partial charge in [0.1, 0.15) is 18.5 Å². The molecule has 178 valence electrons. The van der Waals surface area contributed by atoms with E-state index in [0.29, 0.717) is 0 Å². The van der Waals surface area contributed by atoms with Crippen molar-refractivity contribution in [1.29, 1.82) is 0 Å². The van der Waals surface area contributed by atoms with Gasteiger partial charge in [0, 0.05) is 18.6 Å². The molecule has 0 N–H and O–H groups in total. The normalized spacial score (nSPS) is 22.4. The van der Waals surface area contributed by atoms with Gasteiger partial charge in [-0.1, -0.05) is 48.6 Å². The van der Waals surface area contributed by atoms with Gasteiger partial charge in [-0.15, -0.1) is 0 Å². The molecule has 8 nitrogen and oxygen atoms in total. The molecule has 0 aliphatic carbocycles. The van der Waals surface area contributed by atoms with Gasteiger partial charge in [0.25, 0.3) is 0 Å². The average molecular weight is 481 g/mol. The summed E-state index contributed by atoms with van der Waals surface area (Å²) in [5.74, 6) is -1.83. The summed E-state index contributed by atoms with van der Waals surface area (Å²) in [5.41, 5.74) is 0.293. The third-order valence-electron chi connectivity index (χ3n) is 5.82. The molecule has 0 spiro atoms. The zero-order valence-electron chi connectivity index (χ0n) is 18.0. The number of benzene rings is 1. The fourth-order valence-electron chi connectivity index (χ4n) is 4.16. The lowest BCUT2D eigenvalue weighted by Crippen LogP contribution is -2.68. The van der Waals surface area contributed by atoms with Crippen molar-refractivity contribution in [3.8, 4) is 0 Å². The van der Waals surface area contributed by atoms with Crippen LogP contribution in [0.2, 0.25) is 0 Å². The maximum absolute atomic E-state index is 13.3. The Morgan fingerprint density at radius 1 is 1.03 bits per heavy atom. The molecule has 2 fully saturated rings. The molecule has 2 aliphatic rings. The van der Waals surface area contributed by atoms with Crippen molar-refractivity contribution in [1.82, 2.24) is 19.9 Å². The summed E-state index contributed by atoms with van der Waals surface area (Å²) < 4.78 is 45.1.